The van der Waals surface area contributed by atoms with Crippen molar-refractivity contribution in [2.75, 3.05) is 0 Å². The van der Waals surface area contributed by atoms with Gasteiger partial charge in [0.2, 0.25) is 0 Å². The number of hydrogen-bond donors (Lipinski definition) is 2. The Bertz CT molecular complexity index is 595. The van der Waals surface area contributed by atoms with Gasteiger partial charge in [0.25, 0.3) is 5.91 Å². The number of nitrogens with zero attached hydrogens (tertiary/aromatic N) is 1. The number of carbonyl (C=O) groups excluding carboxylic acids is 1. The summed E-state index contributed by atoms with van der Waals surface area (Å²) in [6.07, 6.45) is 4.55. The van der Waals surface area contributed by atoms with E-state index < -0.39 is 0 Å². The molecule has 5 heteroatoms. The van der Waals surface area contributed by atoms with E-state index in [4.69, 9.17) is 0 Å². The minimum absolute atomic E-state index is 0.0770. The lowest BCUT2D eigenvalue weighted by atomic mass is 10.0. The number of amides is 1. The van der Waals surface area contributed by atoms with Gasteiger partial charge in [-0.3, -0.25) is 4.79 Å². The molecule has 3 rings (SSSR count). The van der Waals surface area contributed by atoms with Crippen LogP contribution in [0.5, 0.6) is 0 Å². The van der Waals surface area contributed by atoms with E-state index in [2.05, 4.69) is 31.2 Å². The van der Waals surface area contributed by atoms with Gasteiger partial charge in [-0.2, -0.15) is 0 Å². The molecule has 1 aromatic carbocycles. The van der Waals surface area contributed by atoms with Gasteiger partial charge in [-0.15, -0.1) is 0 Å². The Morgan fingerprint density at radius 2 is 2.00 bits per heavy atom. The van der Waals surface area contributed by atoms with E-state index in [1.165, 1.54) is 24.2 Å². The fourth-order valence-corrected chi connectivity index (χ4v) is 2.73. The number of rotatable bonds is 3. The molecule has 2 N–H and O–H groups in total. The maximum atomic E-state index is 12.0. The zero-order chi connectivity index (χ0) is 13.9. The molecule has 0 atom stereocenters. The van der Waals surface area contributed by atoms with Crippen molar-refractivity contribution in [2.24, 2.45) is 0 Å². The Labute approximate surface area is 126 Å². The van der Waals surface area contributed by atoms with Crippen LogP contribution in [0, 0.1) is 0 Å². The first-order valence-corrected chi connectivity index (χ1v) is 7.62. The second kappa shape index (κ2) is 5.79. The summed E-state index contributed by atoms with van der Waals surface area (Å²) in [6, 6.07) is 7.32. The first kappa shape index (κ1) is 13.4. The van der Waals surface area contributed by atoms with E-state index in [0.717, 1.165) is 23.1 Å². The predicted octanol–water partition coefficient (Wildman–Crippen LogP) is 2.98. The Kier molecular flexibility index (Phi) is 3.87. The van der Waals surface area contributed by atoms with Gasteiger partial charge in [0.1, 0.15) is 5.82 Å². The van der Waals surface area contributed by atoms with E-state index in [9.17, 15) is 4.79 Å². The summed E-state index contributed by atoms with van der Waals surface area (Å²) in [5, 5.41) is 2.90. The van der Waals surface area contributed by atoms with Crippen molar-refractivity contribution >= 4 is 21.8 Å². The number of halogens is 1. The molecule has 0 spiro atoms. The summed E-state index contributed by atoms with van der Waals surface area (Å²) in [6.45, 7) is 0.446. The highest BCUT2D eigenvalue weighted by atomic mass is 79.9. The van der Waals surface area contributed by atoms with E-state index in [-0.39, 0.29) is 5.91 Å². The molecule has 4 nitrogen and oxygen atoms in total. The first-order chi connectivity index (χ1) is 9.72. The van der Waals surface area contributed by atoms with E-state index in [1.807, 2.05) is 12.1 Å². The van der Waals surface area contributed by atoms with Gasteiger partial charge in [-0.1, -0.05) is 15.9 Å². The maximum Gasteiger partial charge on any atom is 0.251 e. The number of H-pyrrole nitrogens is 1. The summed E-state index contributed by atoms with van der Waals surface area (Å²) >= 11 is 3.36. The van der Waals surface area contributed by atoms with Crippen molar-refractivity contribution in [3.63, 3.8) is 0 Å². The summed E-state index contributed by atoms with van der Waals surface area (Å²) in [7, 11) is 0. The second-order valence-electron chi connectivity index (χ2n) is 5.01. The highest BCUT2D eigenvalue weighted by Crippen LogP contribution is 2.18. The Morgan fingerprint density at radius 1 is 1.25 bits per heavy atom. The van der Waals surface area contributed by atoms with Crippen LogP contribution in [0.4, 0.5) is 0 Å². The third kappa shape index (κ3) is 2.93. The molecule has 1 amide bonds. The van der Waals surface area contributed by atoms with Crippen LogP contribution < -0.4 is 5.32 Å². The fraction of sp³-hybridized carbons (Fsp3) is 0.333. The van der Waals surface area contributed by atoms with E-state index >= 15 is 0 Å². The Morgan fingerprint density at radius 3 is 2.75 bits per heavy atom. The summed E-state index contributed by atoms with van der Waals surface area (Å²) in [4.78, 5) is 19.9. The lowest BCUT2D eigenvalue weighted by Crippen LogP contribution is -2.23. The molecule has 1 heterocycles. The zero-order valence-electron chi connectivity index (χ0n) is 11.1. The number of carbonyl (C=O) groups is 1. The van der Waals surface area contributed by atoms with Gasteiger partial charge in [0, 0.05) is 15.7 Å². The molecule has 20 heavy (non-hydrogen) atoms. The Hall–Kier alpha value is -1.62. The van der Waals surface area contributed by atoms with Crippen molar-refractivity contribution < 1.29 is 4.79 Å². The molecule has 1 aliphatic carbocycles. The summed E-state index contributed by atoms with van der Waals surface area (Å²) in [5.41, 5.74) is 3.07. The molecule has 0 bridgehead atoms. The SMILES string of the molecule is O=C(NCc1nc2c([nH]1)CCCC2)c1ccc(Br)cc1. The number of imidazole rings is 1. The number of benzene rings is 1. The highest BCUT2D eigenvalue weighted by molar-refractivity contribution is 9.10. The number of aromatic amines is 1. The van der Waals surface area contributed by atoms with Crippen molar-refractivity contribution in [2.45, 2.75) is 32.2 Å². The fourth-order valence-electron chi connectivity index (χ4n) is 2.46. The number of aromatic nitrogens is 2. The molecule has 104 valence electrons. The lowest BCUT2D eigenvalue weighted by Gasteiger charge is -2.07. The topological polar surface area (TPSA) is 57.8 Å². The van der Waals surface area contributed by atoms with Crippen molar-refractivity contribution in [3.05, 3.63) is 51.5 Å². The van der Waals surface area contributed by atoms with Gasteiger partial charge < -0.3 is 10.3 Å². The standard InChI is InChI=1S/C15H16BrN3O/c16-11-7-5-10(6-8-11)15(20)17-9-14-18-12-3-1-2-4-13(12)19-14/h5-8H,1-4,9H2,(H,17,20)(H,18,19). The van der Waals surface area contributed by atoms with Crippen LogP contribution in [-0.2, 0) is 19.4 Å². The van der Waals surface area contributed by atoms with Crippen LogP contribution in [0.25, 0.3) is 0 Å². The van der Waals surface area contributed by atoms with Gasteiger partial charge in [0.05, 0.1) is 12.2 Å². The maximum absolute atomic E-state index is 12.0. The van der Waals surface area contributed by atoms with Gasteiger partial charge >= 0.3 is 0 Å². The normalized spacial score (nSPS) is 13.8. The minimum Gasteiger partial charge on any atom is -0.345 e. The highest BCUT2D eigenvalue weighted by Gasteiger charge is 2.14. The van der Waals surface area contributed by atoms with Crippen LogP contribution >= 0.6 is 15.9 Å². The molecule has 0 fully saturated rings. The summed E-state index contributed by atoms with van der Waals surface area (Å²) < 4.78 is 0.966. The first-order valence-electron chi connectivity index (χ1n) is 6.83. The third-order valence-corrected chi connectivity index (χ3v) is 4.06. The van der Waals surface area contributed by atoms with Crippen LogP contribution in [0.1, 0.15) is 40.4 Å². The molecular weight excluding hydrogens is 318 g/mol. The monoisotopic (exact) mass is 333 g/mol. The smallest absolute Gasteiger partial charge is 0.251 e. The molecule has 0 saturated heterocycles. The quantitative estimate of drug-likeness (QED) is 0.907. The number of aryl methyl sites for hydroxylation is 2. The molecule has 0 saturated carbocycles. The predicted molar refractivity (Wildman–Crippen MR) is 80.5 cm³/mol. The van der Waals surface area contributed by atoms with Crippen molar-refractivity contribution in [3.8, 4) is 0 Å². The number of fused-ring (bicyclic) bond motifs is 1. The summed E-state index contributed by atoms with van der Waals surface area (Å²) in [5.74, 6) is 0.772. The van der Waals surface area contributed by atoms with Gasteiger partial charge in [-0.05, 0) is 49.9 Å². The lowest BCUT2D eigenvalue weighted by molar-refractivity contribution is 0.0950. The van der Waals surface area contributed by atoms with Crippen LogP contribution in [0.3, 0.4) is 0 Å². The molecule has 0 aliphatic heterocycles. The van der Waals surface area contributed by atoms with Crippen LogP contribution in [0.15, 0.2) is 28.7 Å². The second-order valence-corrected chi connectivity index (χ2v) is 5.92. The van der Waals surface area contributed by atoms with Crippen molar-refractivity contribution in [1.82, 2.24) is 15.3 Å². The molecule has 0 radical (unpaired) electrons. The molecule has 2 aromatic rings. The molecule has 0 unspecified atom stereocenters. The van der Waals surface area contributed by atoms with Crippen molar-refractivity contribution in [1.29, 1.82) is 0 Å². The average molecular weight is 334 g/mol. The van der Waals surface area contributed by atoms with Crippen LogP contribution in [0.2, 0.25) is 0 Å². The largest absolute Gasteiger partial charge is 0.345 e. The number of nitrogens with one attached hydrogen (secondary N) is 2. The molecular formula is C15H16BrN3O. The van der Waals surface area contributed by atoms with Gasteiger partial charge in [0.15, 0.2) is 0 Å². The minimum atomic E-state index is -0.0770. The molecule has 1 aliphatic rings. The average Bonchev–Trinajstić information content (AvgIpc) is 2.88. The zero-order valence-corrected chi connectivity index (χ0v) is 12.7. The Balaban J connectivity index is 1.63. The van der Waals surface area contributed by atoms with E-state index in [1.54, 1.807) is 12.1 Å². The van der Waals surface area contributed by atoms with E-state index in [0.29, 0.717) is 12.1 Å². The van der Waals surface area contributed by atoms with Crippen LogP contribution in [-0.4, -0.2) is 15.9 Å². The molecule has 1 aromatic heterocycles. The van der Waals surface area contributed by atoms with Gasteiger partial charge in [-0.25, -0.2) is 4.98 Å². The third-order valence-electron chi connectivity index (χ3n) is 3.53. The number of hydrogen-bond acceptors (Lipinski definition) is 2.